The molecule has 1 saturated heterocycles. The summed E-state index contributed by atoms with van der Waals surface area (Å²) in [5, 5.41) is 0. The molecule has 5 nitrogen and oxygen atoms in total. The van der Waals surface area contributed by atoms with Crippen LogP contribution in [0.25, 0.3) is 5.70 Å². The van der Waals surface area contributed by atoms with Crippen molar-refractivity contribution in [1.29, 1.82) is 0 Å². The summed E-state index contributed by atoms with van der Waals surface area (Å²) in [6.07, 6.45) is 1.90. The van der Waals surface area contributed by atoms with Crippen LogP contribution in [0.1, 0.15) is 35.4 Å². The number of allylic oxidation sites excluding steroid dienone is 1. The first kappa shape index (κ1) is 22.9. The van der Waals surface area contributed by atoms with Crippen molar-refractivity contribution in [2.24, 2.45) is 5.92 Å². The van der Waals surface area contributed by atoms with E-state index in [1.54, 1.807) is 24.3 Å². The number of hydrogen-bond acceptors (Lipinski definition) is 4. The highest BCUT2D eigenvalue weighted by atomic mass is 79.9. The first-order chi connectivity index (χ1) is 16.3. The van der Waals surface area contributed by atoms with Crippen LogP contribution in [0.2, 0.25) is 0 Å². The molecule has 3 atom stereocenters. The third-order valence-electron chi connectivity index (χ3n) is 6.47. The minimum absolute atomic E-state index is 0.106. The van der Waals surface area contributed by atoms with Crippen molar-refractivity contribution in [2.45, 2.75) is 36.8 Å². The molecule has 0 unspecified atom stereocenters. The van der Waals surface area contributed by atoms with Gasteiger partial charge in [-0.15, -0.1) is 0 Å². The Labute approximate surface area is 208 Å². The molecule has 7 heteroatoms. The molecule has 0 amide bonds. The predicted octanol–water partition coefficient (Wildman–Crippen LogP) is 5.87. The quantitative estimate of drug-likeness (QED) is 0.390. The van der Waals surface area contributed by atoms with E-state index >= 15 is 0 Å². The average Bonchev–Trinajstić information content (AvgIpc) is 2.84. The van der Waals surface area contributed by atoms with E-state index in [1.807, 2.05) is 67.6 Å². The summed E-state index contributed by atoms with van der Waals surface area (Å²) >= 11 is 3.49. The van der Waals surface area contributed by atoms with Gasteiger partial charge in [-0.25, -0.2) is 12.7 Å². The summed E-state index contributed by atoms with van der Waals surface area (Å²) in [6.45, 7) is 1.91. The van der Waals surface area contributed by atoms with E-state index in [0.717, 1.165) is 21.2 Å². The van der Waals surface area contributed by atoms with Crippen molar-refractivity contribution in [3.8, 4) is 0 Å². The standard InChI is InChI=1S/C27H24BrNO4S/c1-18-7-13-22(14-8-18)34(31,32)29-25(20-5-3-2-4-6-20)17-24(19-9-11-21(28)12-10-19)23-15-16-26(30)33-27(23)29/h2-14,17,23-24,27H,15-16H2,1H3/t23-,24-,27-/m1/s1. The van der Waals surface area contributed by atoms with E-state index in [2.05, 4.69) is 15.9 Å². The van der Waals surface area contributed by atoms with Gasteiger partial charge in [0.15, 0.2) is 6.23 Å². The molecule has 5 rings (SSSR count). The first-order valence-electron chi connectivity index (χ1n) is 11.2. The third kappa shape index (κ3) is 4.18. The molecular weight excluding hydrogens is 514 g/mol. The number of halogens is 1. The maximum atomic E-state index is 14.0. The summed E-state index contributed by atoms with van der Waals surface area (Å²) in [5.74, 6) is -0.688. The molecule has 174 valence electrons. The van der Waals surface area contributed by atoms with Crippen LogP contribution in [0.3, 0.4) is 0 Å². The number of esters is 1. The molecule has 1 fully saturated rings. The zero-order valence-corrected chi connectivity index (χ0v) is 21.0. The molecule has 0 aromatic heterocycles. The lowest BCUT2D eigenvalue weighted by molar-refractivity contribution is -0.166. The molecule has 2 aliphatic rings. The van der Waals surface area contributed by atoms with Gasteiger partial charge in [-0.05, 0) is 48.7 Å². The topological polar surface area (TPSA) is 63.7 Å². The van der Waals surface area contributed by atoms with Gasteiger partial charge in [0.1, 0.15) is 0 Å². The molecule has 0 saturated carbocycles. The molecule has 3 aromatic carbocycles. The number of fused-ring (bicyclic) bond motifs is 1. The largest absolute Gasteiger partial charge is 0.440 e. The molecule has 0 N–H and O–H groups in total. The Bertz CT molecular complexity index is 1340. The number of ether oxygens (including phenoxy) is 1. The number of hydrogen-bond donors (Lipinski definition) is 0. The van der Waals surface area contributed by atoms with Crippen LogP contribution in [-0.2, 0) is 19.6 Å². The normalized spacial score (nSPS) is 22.5. The number of carbonyl (C=O) groups is 1. The van der Waals surface area contributed by atoms with Crippen LogP contribution in [0.15, 0.2) is 94.3 Å². The Balaban J connectivity index is 1.72. The lowest BCUT2D eigenvalue weighted by Crippen LogP contribution is -2.52. The van der Waals surface area contributed by atoms with E-state index in [0.29, 0.717) is 12.1 Å². The molecular formula is C27H24BrNO4S. The summed E-state index contributed by atoms with van der Waals surface area (Å²) in [6, 6.07) is 24.2. The maximum Gasteiger partial charge on any atom is 0.307 e. The zero-order chi connectivity index (χ0) is 23.9. The summed E-state index contributed by atoms with van der Waals surface area (Å²) in [7, 11) is -4.00. The second-order valence-electron chi connectivity index (χ2n) is 8.69. The van der Waals surface area contributed by atoms with E-state index in [4.69, 9.17) is 4.74 Å². The Morgan fingerprint density at radius 1 is 0.941 bits per heavy atom. The lowest BCUT2D eigenvalue weighted by atomic mass is 9.77. The van der Waals surface area contributed by atoms with E-state index < -0.39 is 16.3 Å². The van der Waals surface area contributed by atoms with Gasteiger partial charge in [-0.2, -0.15) is 0 Å². The van der Waals surface area contributed by atoms with Crippen LogP contribution in [-0.4, -0.2) is 24.9 Å². The van der Waals surface area contributed by atoms with Gasteiger partial charge < -0.3 is 4.74 Å². The molecule has 0 radical (unpaired) electrons. The zero-order valence-electron chi connectivity index (χ0n) is 18.6. The molecule has 2 aliphatic heterocycles. The van der Waals surface area contributed by atoms with Gasteiger partial charge in [0, 0.05) is 22.7 Å². The van der Waals surface area contributed by atoms with Gasteiger partial charge in [0.2, 0.25) is 0 Å². The summed E-state index contributed by atoms with van der Waals surface area (Å²) in [5.41, 5.74) is 3.29. The molecule has 0 spiro atoms. The smallest absolute Gasteiger partial charge is 0.307 e. The van der Waals surface area contributed by atoms with Crippen molar-refractivity contribution in [3.05, 3.63) is 106 Å². The van der Waals surface area contributed by atoms with Crippen LogP contribution in [0, 0.1) is 12.8 Å². The Morgan fingerprint density at radius 3 is 2.29 bits per heavy atom. The molecule has 34 heavy (non-hydrogen) atoms. The SMILES string of the molecule is Cc1ccc(S(=O)(=O)N2C(c3ccccc3)=C[C@H](c3ccc(Br)cc3)[C@H]3CCC(=O)O[C@H]32)cc1. The Hall–Kier alpha value is -2.90. The van der Waals surface area contributed by atoms with Crippen LogP contribution in [0.5, 0.6) is 0 Å². The number of carbonyl (C=O) groups excluding carboxylic acids is 1. The molecule has 0 aliphatic carbocycles. The molecule has 3 aromatic rings. The fraction of sp³-hybridized carbons (Fsp3) is 0.222. The predicted molar refractivity (Wildman–Crippen MR) is 134 cm³/mol. The minimum Gasteiger partial charge on any atom is -0.440 e. The van der Waals surface area contributed by atoms with Crippen LogP contribution >= 0.6 is 15.9 Å². The van der Waals surface area contributed by atoms with E-state index in [-0.39, 0.29) is 29.1 Å². The fourth-order valence-electron chi connectivity index (χ4n) is 4.74. The van der Waals surface area contributed by atoms with Crippen molar-refractivity contribution < 1.29 is 17.9 Å². The molecule has 0 bridgehead atoms. The third-order valence-corrected chi connectivity index (χ3v) is 8.79. The van der Waals surface area contributed by atoms with E-state index in [9.17, 15) is 13.2 Å². The number of sulfonamides is 1. The highest BCUT2D eigenvalue weighted by Gasteiger charge is 2.48. The van der Waals surface area contributed by atoms with Gasteiger partial charge in [0.05, 0.1) is 10.6 Å². The maximum absolute atomic E-state index is 14.0. The number of nitrogens with zero attached hydrogens (tertiary/aromatic N) is 1. The van der Waals surface area contributed by atoms with Crippen molar-refractivity contribution >= 4 is 37.6 Å². The monoisotopic (exact) mass is 537 g/mol. The fourth-order valence-corrected chi connectivity index (χ4v) is 6.61. The van der Waals surface area contributed by atoms with Crippen LogP contribution in [0.4, 0.5) is 0 Å². The second kappa shape index (κ2) is 9.04. The summed E-state index contributed by atoms with van der Waals surface area (Å²) < 4.78 is 36.1. The number of rotatable bonds is 4. The van der Waals surface area contributed by atoms with Crippen LogP contribution < -0.4 is 0 Å². The van der Waals surface area contributed by atoms with Crippen molar-refractivity contribution in [2.75, 3.05) is 0 Å². The summed E-state index contributed by atoms with van der Waals surface area (Å²) in [4.78, 5) is 12.6. The van der Waals surface area contributed by atoms with Gasteiger partial charge >= 0.3 is 5.97 Å². The average molecular weight is 538 g/mol. The van der Waals surface area contributed by atoms with Gasteiger partial charge in [-0.1, -0.05) is 82.2 Å². The lowest BCUT2D eigenvalue weighted by Gasteiger charge is -2.46. The first-order valence-corrected chi connectivity index (χ1v) is 13.4. The Morgan fingerprint density at radius 2 is 1.62 bits per heavy atom. The molecule has 2 heterocycles. The minimum atomic E-state index is -4.00. The Kier molecular flexibility index (Phi) is 6.08. The van der Waals surface area contributed by atoms with Crippen molar-refractivity contribution in [1.82, 2.24) is 4.31 Å². The number of benzene rings is 3. The van der Waals surface area contributed by atoms with Gasteiger partial charge in [-0.3, -0.25) is 4.79 Å². The highest BCUT2D eigenvalue weighted by molar-refractivity contribution is 9.10. The van der Waals surface area contributed by atoms with Gasteiger partial charge in [0.25, 0.3) is 10.0 Å². The highest BCUT2D eigenvalue weighted by Crippen LogP contribution is 2.47. The van der Waals surface area contributed by atoms with E-state index in [1.165, 1.54) is 4.31 Å². The second-order valence-corrected chi connectivity index (χ2v) is 11.4. The number of aryl methyl sites for hydroxylation is 1. The van der Waals surface area contributed by atoms with Crippen molar-refractivity contribution in [3.63, 3.8) is 0 Å².